The van der Waals surface area contributed by atoms with E-state index in [0.717, 1.165) is 18.9 Å². The standard InChI is InChI=1S/C16H29N3/c1-4-19(11-14-6-5-7-14)13(2)10-16(3,12-17)18-15-8-9-15/h13-15,18H,4-11H2,1-3H3. The van der Waals surface area contributed by atoms with Crippen molar-refractivity contribution < 1.29 is 0 Å². The molecule has 0 aliphatic heterocycles. The minimum atomic E-state index is -0.354. The monoisotopic (exact) mass is 263 g/mol. The molecule has 2 fully saturated rings. The lowest BCUT2D eigenvalue weighted by Gasteiger charge is -2.38. The van der Waals surface area contributed by atoms with Gasteiger partial charge in [0, 0.05) is 18.6 Å². The minimum Gasteiger partial charge on any atom is -0.301 e. The first-order chi connectivity index (χ1) is 9.06. The Kier molecular flexibility index (Phi) is 4.86. The molecule has 19 heavy (non-hydrogen) atoms. The molecule has 0 amide bonds. The highest BCUT2D eigenvalue weighted by Crippen LogP contribution is 2.29. The lowest BCUT2D eigenvalue weighted by molar-refractivity contribution is 0.128. The van der Waals surface area contributed by atoms with Gasteiger partial charge in [0.15, 0.2) is 0 Å². The van der Waals surface area contributed by atoms with Gasteiger partial charge < -0.3 is 4.90 Å². The van der Waals surface area contributed by atoms with Crippen LogP contribution >= 0.6 is 0 Å². The van der Waals surface area contributed by atoms with Gasteiger partial charge in [0.1, 0.15) is 5.54 Å². The fourth-order valence-corrected chi connectivity index (χ4v) is 3.16. The fraction of sp³-hybridized carbons (Fsp3) is 0.938. The van der Waals surface area contributed by atoms with Crippen molar-refractivity contribution in [2.24, 2.45) is 5.92 Å². The minimum absolute atomic E-state index is 0.354. The van der Waals surface area contributed by atoms with Crippen LogP contribution in [0.4, 0.5) is 0 Å². The number of nitrogens with zero attached hydrogens (tertiary/aromatic N) is 2. The first-order valence-electron chi connectivity index (χ1n) is 7.99. The van der Waals surface area contributed by atoms with E-state index in [1.165, 1.54) is 38.6 Å². The Bertz CT molecular complexity index is 327. The summed E-state index contributed by atoms with van der Waals surface area (Å²) in [4.78, 5) is 2.56. The third kappa shape index (κ3) is 4.19. The average molecular weight is 263 g/mol. The van der Waals surface area contributed by atoms with E-state index >= 15 is 0 Å². The molecular weight excluding hydrogens is 234 g/mol. The summed E-state index contributed by atoms with van der Waals surface area (Å²) in [5, 5.41) is 13.0. The number of hydrogen-bond acceptors (Lipinski definition) is 3. The molecule has 0 bridgehead atoms. The second-order valence-corrected chi connectivity index (χ2v) is 6.80. The van der Waals surface area contributed by atoms with Crippen LogP contribution in [0.3, 0.4) is 0 Å². The summed E-state index contributed by atoms with van der Waals surface area (Å²) in [6, 6.07) is 3.59. The number of nitriles is 1. The van der Waals surface area contributed by atoms with Gasteiger partial charge in [0.05, 0.1) is 6.07 Å². The number of hydrogen-bond donors (Lipinski definition) is 1. The number of nitrogens with one attached hydrogen (secondary N) is 1. The molecule has 0 radical (unpaired) electrons. The zero-order valence-electron chi connectivity index (χ0n) is 12.8. The van der Waals surface area contributed by atoms with Crippen molar-refractivity contribution in [2.45, 2.75) is 76.9 Å². The molecule has 2 aliphatic rings. The van der Waals surface area contributed by atoms with E-state index < -0.39 is 0 Å². The molecule has 2 rings (SSSR count). The molecule has 0 heterocycles. The van der Waals surface area contributed by atoms with Crippen molar-refractivity contribution in [1.82, 2.24) is 10.2 Å². The molecule has 1 N–H and O–H groups in total. The summed E-state index contributed by atoms with van der Waals surface area (Å²) in [5.74, 6) is 0.909. The van der Waals surface area contributed by atoms with E-state index in [1.807, 2.05) is 0 Å². The fourth-order valence-electron chi connectivity index (χ4n) is 3.16. The highest BCUT2D eigenvalue weighted by Gasteiger charge is 2.35. The molecule has 2 saturated carbocycles. The summed E-state index contributed by atoms with van der Waals surface area (Å²) in [5.41, 5.74) is -0.354. The van der Waals surface area contributed by atoms with Crippen LogP contribution in [-0.2, 0) is 0 Å². The molecule has 0 aromatic heterocycles. The van der Waals surface area contributed by atoms with Crippen LogP contribution < -0.4 is 5.32 Å². The van der Waals surface area contributed by atoms with Crippen LogP contribution in [0, 0.1) is 17.2 Å². The molecule has 2 aliphatic carbocycles. The van der Waals surface area contributed by atoms with Gasteiger partial charge in [0.2, 0.25) is 0 Å². The average Bonchev–Trinajstić information content (AvgIpc) is 3.11. The van der Waals surface area contributed by atoms with Crippen LogP contribution in [0.2, 0.25) is 0 Å². The predicted octanol–water partition coefficient (Wildman–Crippen LogP) is 2.92. The van der Waals surface area contributed by atoms with Crippen molar-refractivity contribution in [3.05, 3.63) is 0 Å². The molecule has 0 saturated heterocycles. The SMILES string of the molecule is CCN(CC1CCC1)C(C)CC(C)(C#N)NC1CC1. The first-order valence-corrected chi connectivity index (χ1v) is 7.99. The van der Waals surface area contributed by atoms with E-state index in [-0.39, 0.29) is 5.54 Å². The zero-order valence-corrected chi connectivity index (χ0v) is 12.8. The number of rotatable bonds is 8. The Morgan fingerprint density at radius 2 is 2.05 bits per heavy atom. The van der Waals surface area contributed by atoms with E-state index in [9.17, 15) is 5.26 Å². The quantitative estimate of drug-likeness (QED) is 0.732. The van der Waals surface area contributed by atoms with E-state index in [2.05, 4.69) is 37.1 Å². The largest absolute Gasteiger partial charge is 0.301 e. The molecule has 3 nitrogen and oxygen atoms in total. The second kappa shape index (κ2) is 6.24. The third-order valence-corrected chi connectivity index (χ3v) is 4.80. The Morgan fingerprint density at radius 1 is 1.37 bits per heavy atom. The summed E-state index contributed by atoms with van der Waals surface area (Å²) in [6.07, 6.45) is 7.63. The summed E-state index contributed by atoms with van der Waals surface area (Å²) in [6.45, 7) is 8.92. The Hall–Kier alpha value is -0.590. The zero-order chi connectivity index (χ0) is 13.9. The van der Waals surface area contributed by atoms with Gasteiger partial charge in [-0.3, -0.25) is 5.32 Å². The van der Waals surface area contributed by atoms with Crippen molar-refractivity contribution in [1.29, 1.82) is 5.26 Å². The van der Waals surface area contributed by atoms with Crippen LogP contribution in [0.5, 0.6) is 0 Å². The molecule has 0 spiro atoms. The second-order valence-electron chi connectivity index (χ2n) is 6.80. The van der Waals surface area contributed by atoms with E-state index in [1.54, 1.807) is 0 Å². The first kappa shape index (κ1) is 14.8. The van der Waals surface area contributed by atoms with Gasteiger partial charge in [-0.1, -0.05) is 13.3 Å². The Labute approximate surface area is 118 Å². The molecule has 3 heteroatoms. The molecular formula is C16H29N3. The van der Waals surface area contributed by atoms with Crippen molar-refractivity contribution in [2.75, 3.05) is 13.1 Å². The Balaban J connectivity index is 1.84. The molecule has 2 atom stereocenters. The van der Waals surface area contributed by atoms with Crippen LogP contribution in [0.1, 0.15) is 59.3 Å². The van der Waals surface area contributed by atoms with Crippen LogP contribution in [0.25, 0.3) is 0 Å². The van der Waals surface area contributed by atoms with Gasteiger partial charge in [-0.05, 0) is 58.4 Å². The third-order valence-electron chi connectivity index (χ3n) is 4.80. The smallest absolute Gasteiger partial charge is 0.105 e. The maximum absolute atomic E-state index is 9.47. The summed E-state index contributed by atoms with van der Waals surface area (Å²) < 4.78 is 0. The van der Waals surface area contributed by atoms with E-state index in [0.29, 0.717) is 12.1 Å². The van der Waals surface area contributed by atoms with Crippen LogP contribution in [-0.4, -0.2) is 35.6 Å². The molecule has 108 valence electrons. The summed E-state index contributed by atoms with van der Waals surface area (Å²) in [7, 11) is 0. The van der Waals surface area contributed by atoms with Crippen LogP contribution in [0.15, 0.2) is 0 Å². The van der Waals surface area contributed by atoms with Gasteiger partial charge in [0.25, 0.3) is 0 Å². The van der Waals surface area contributed by atoms with Crippen molar-refractivity contribution >= 4 is 0 Å². The molecule has 2 unspecified atom stereocenters. The van der Waals surface area contributed by atoms with Crippen molar-refractivity contribution in [3.8, 4) is 6.07 Å². The molecule has 0 aromatic carbocycles. The lowest BCUT2D eigenvalue weighted by atomic mass is 9.84. The van der Waals surface area contributed by atoms with Gasteiger partial charge >= 0.3 is 0 Å². The normalized spacial score (nSPS) is 24.6. The van der Waals surface area contributed by atoms with Gasteiger partial charge in [-0.15, -0.1) is 0 Å². The topological polar surface area (TPSA) is 39.1 Å². The van der Waals surface area contributed by atoms with Gasteiger partial charge in [-0.25, -0.2) is 0 Å². The summed E-state index contributed by atoms with van der Waals surface area (Å²) >= 11 is 0. The molecule has 0 aromatic rings. The maximum atomic E-state index is 9.47. The lowest BCUT2D eigenvalue weighted by Crippen LogP contribution is -2.49. The predicted molar refractivity (Wildman–Crippen MR) is 78.8 cm³/mol. The highest BCUT2D eigenvalue weighted by molar-refractivity contribution is 5.08. The highest BCUT2D eigenvalue weighted by atomic mass is 15.2. The van der Waals surface area contributed by atoms with Crippen molar-refractivity contribution in [3.63, 3.8) is 0 Å². The maximum Gasteiger partial charge on any atom is 0.105 e. The van der Waals surface area contributed by atoms with E-state index in [4.69, 9.17) is 0 Å². The Morgan fingerprint density at radius 3 is 2.47 bits per heavy atom. The van der Waals surface area contributed by atoms with Gasteiger partial charge in [-0.2, -0.15) is 5.26 Å².